The molecule has 0 bridgehead atoms. The molecule has 44 heavy (non-hydrogen) atoms. The molecule has 0 spiro atoms. The Morgan fingerprint density at radius 2 is 1.57 bits per heavy atom. The number of nitrogens with one attached hydrogen (secondary N) is 1. The number of hydrogen-bond acceptors (Lipinski definition) is 5. The highest BCUT2D eigenvalue weighted by molar-refractivity contribution is 7.92. The standard InChI is InChI=1S/C34H36ClN3O5S/c1-4-36-34(40)32(22-26-11-6-5-7-12-26)37(23-27-13-9-15-30(21-27)43-3)33(39)24-38(29-14-8-10-25(2)20-29)44(41,42)31-18-16-28(35)17-19-31/h5-21,32H,4,22-24H2,1-3H3,(H,36,40)/t32-/m0/s1. The van der Waals surface area contributed by atoms with Crippen molar-refractivity contribution in [3.05, 3.63) is 125 Å². The molecule has 1 atom stereocenters. The fourth-order valence-electron chi connectivity index (χ4n) is 4.86. The van der Waals surface area contributed by atoms with Crippen LogP contribution in [0.1, 0.15) is 23.6 Å². The van der Waals surface area contributed by atoms with Crippen molar-refractivity contribution in [3.8, 4) is 5.75 Å². The Bertz CT molecular complexity index is 1680. The van der Waals surface area contributed by atoms with Crippen LogP contribution in [0.25, 0.3) is 0 Å². The molecule has 230 valence electrons. The summed E-state index contributed by atoms with van der Waals surface area (Å²) in [5.74, 6) is -0.284. The molecule has 0 saturated carbocycles. The maximum Gasteiger partial charge on any atom is 0.264 e. The Kier molecular flexibility index (Phi) is 11.0. The maximum absolute atomic E-state index is 14.4. The first-order chi connectivity index (χ1) is 21.1. The van der Waals surface area contributed by atoms with Crippen LogP contribution >= 0.6 is 11.6 Å². The number of carbonyl (C=O) groups is 2. The molecular formula is C34H36ClN3O5S. The van der Waals surface area contributed by atoms with Gasteiger partial charge in [0.25, 0.3) is 10.0 Å². The third-order valence-electron chi connectivity index (χ3n) is 7.08. The summed E-state index contributed by atoms with van der Waals surface area (Å²) in [6.45, 7) is 3.53. The zero-order chi connectivity index (χ0) is 31.7. The summed E-state index contributed by atoms with van der Waals surface area (Å²) >= 11 is 6.04. The highest BCUT2D eigenvalue weighted by Gasteiger charge is 2.34. The van der Waals surface area contributed by atoms with Crippen LogP contribution in [-0.4, -0.2) is 51.4 Å². The van der Waals surface area contributed by atoms with Crippen molar-refractivity contribution >= 4 is 39.1 Å². The van der Waals surface area contributed by atoms with Gasteiger partial charge >= 0.3 is 0 Å². The van der Waals surface area contributed by atoms with E-state index in [4.69, 9.17) is 16.3 Å². The summed E-state index contributed by atoms with van der Waals surface area (Å²) < 4.78 is 34.6. The second-order valence-electron chi connectivity index (χ2n) is 10.3. The number of amides is 2. The van der Waals surface area contributed by atoms with Gasteiger partial charge in [0.15, 0.2) is 0 Å². The van der Waals surface area contributed by atoms with Crippen molar-refractivity contribution < 1.29 is 22.7 Å². The van der Waals surface area contributed by atoms with Gasteiger partial charge in [0.2, 0.25) is 11.8 Å². The lowest BCUT2D eigenvalue weighted by atomic mass is 10.0. The first kappa shape index (κ1) is 32.6. The smallest absolute Gasteiger partial charge is 0.264 e. The fourth-order valence-corrected chi connectivity index (χ4v) is 6.39. The second-order valence-corrected chi connectivity index (χ2v) is 12.6. The van der Waals surface area contributed by atoms with E-state index in [2.05, 4.69) is 5.32 Å². The molecule has 0 radical (unpaired) electrons. The number of methoxy groups -OCH3 is 1. The van der Waals surface area contributed by atoms with Crippen LogP contribution in [0.2, 0.25) is 5.02 Å². The highest BCUT2D eigenvalue weighted by atomic mass is 35.5. The first-order valence-corrected chi connectivity index (χ1v) is 16.0. The van der Waals surface area contributed by atoms with Gasteiger partial charge in [-0.3, -0.25) is 13.9 Å². The lowest BCUT2D eigenvalue weighted by molar-refractivity contribution is -0.140. The van der Waals surface area contributed by atoms with Crippen LogP contribution in [0.5, 0.6) is 5.75 Å². The zero-order valence-corrected chi connectivity index (χ0v) is 26.5. The molecule has 10 heteroatoms. The van der Waals surface area contributed by atoms with Crippen molar-refractivity contribution in [3.63, 3.8) is 0 Å². The summed E-state index contributed by atoms with van der Waals surface area (Å²) in [6, 6.07) is 28.4. The minimum Gasteiger partial charge on any atom is -0.497 e. The molecule has 0 fully saturated rings. The Labute approximate surface area is 264 Å². The number of hydrogen-bond donors (Lipinski definition) is 1. The number of rotatable bonds is 13. The number of likely N-dealkylation sites (N-methyl/N-ethyl adjacent to an activating group) is 1. The van der Waals surface area contributed by atoms with E-state index in [-0.39, 0.29) is 23.8 Å². The van der Waals surface area contributed by atoms with E-state index >= 15 is 0 Å². The Hall–Kier alpha value is -4.34. The number of aryl methyl sites for hydroxylation is 1. The number of sulfonamides is 1. The van der Waals surface area contributed by atoms with E-state index < -0.39 is 28.5 Å². The minimum absolute atomic E-state index is 0.0138. The van der Waals surface area contributed by atoms with E-state index in [1.807, 2.05) is 56.3 Å². The van der Waals surface area contributed by atoms with Crippen LogP contribution in [0.4, 0.5) is 5.69 Å². The van der Waals surface area contributed by atoms with Crippen molar-refractivity contribution in [2.75, 3.05) is 24.5 Å². The normalized spacial score (nSPS) is 11.8. The average Bonchev–Trinajstić information content (AvgIpc) is 3.02. The van der Waals surface area contributed by atoms with Crippen LogP contribution < -0.4 is 14.4 Å². The summed E-state index contributed by atoms with van der Waals surface area (Å²) in [6.07, 6.45) is 0.233. The molecule has 2 amide bonds. The van der Waals surface area contributed by atoms with Gasteiger partial charge in [0, 0.05) is 24.5 Å². The van der Waals surface area contributed by atoms with Crippen molar-refractivity contribution in [2.24, 2.45) is 0 Å². The summed E-state index contributed by atoms with van der Waals surface area (Å²) in [4.78, 5) is 29.5. The van der Waals surface area contributed by atoms with Gasteiger partial charge in [-0.15, -0.1) is 0 Å². The van der Waals surface area contributed by atoms with Gasteiger partial charge in [-0.1, -0.05) is 66.2 Å². The molecule has 0 aliphatic rings. The SMILES string of the molecule is CCNC(=O)[C@H](Cc1ccccc1)N(Cc1cccc(OC)c1)C(=O)CN(c1cccc(C)c1)S(=O)(=O)c1ccc(Cl)cc1. The third kappa shape index (κ3) is 8.18. The summed E-state index contributed by atoms with van der Waals surface area (Å²) in [5.41, 5.74) is 2.73. The molecule has 4 aromatic rings. The first-order valence-electron chi connectivity index (χ1n) is 14.2. The number of halogens is 1. The van der Waals surface area contributed by atoms with Gasteiger partial charge in [0.05, 0.1) is 17.7 Å². The fraction of sp³-hybridized carbons (Fsp3) is 0.235. The lowest BCUT2D eigenvalue weighted by Gasteiger charge is -2.34. The van der Waals surface area contributed by atoms with Crippen molar-refractivity contribution in [1.29, 1.82) is 0 Å². The maximum atomic E-state index is 14.4. The number of anilines is 1. The van der Waals surface area contributed by atoms with Gasteiger partial charge in [-0.05, 0) is 79.1 Å². The van der Waals surface area contributed by atoms with E-state index in [1.54, 1.807) is 43.5 Å². The highest BCUT2D eigenvalue weighted by Crippen LogP contribution is 2.27. The summed E-state index contributed by atoms with van der Waals surface area (Å²) in [7, 11) is -2.66. The van der Waals surface area contributed by atoms with Gasteiger partial charge in [-0.2, -0.15) is 0 Å². The number of carbonyl (C=O) groups excluding carboxylic acids is 2. The Balaban J connectivity index is 1.80. The molecule has 0 aliphatic carbocycles. The monoisotopic (exact) mass is 633 g/mol. The van der Waals surface area contributed by atoms with Gasteiger partial charge < -0.3 is 15.0 Å². The number of benzene rings is 4. The molecule has 0 aromatic heterocycles. The minimum atomic E-state index is -4.21. The van der Waals surface area contributed by atoms with E-state index in [9.17, 15) is 18.0 Å². The van der Waals surface area contributed by atoms with Crippen LogP contribution in [0.15, 0.2) is 108 Å². The molecule has 1 N–H and O–H groups in total. The predicted octanol–water partition coefficient (Wildman–Crippen LogP) is 5.63. The molecule has 0 unspecified atom stereocenters. The third-order valence-corrected chi connectivity index (χ3v) is 9.12. The Morgan fingerprint density at radius 3 is 2.23 bits per heavy atom. The van der Waals surface area contributed by atoms with Crippen LogP contribution in [0.3, 0.4) is 0 Å². The predicted molar refractivity (Wildman–Crippen MR) is 173 cm³/mol. The van der Waals surface area contributed by atoms with E-state index in [0.717, 1.165) is 21.0 Å². The second kappa shape index (κ2) is 14.9. The topological polar surface area (TPSA) is 96.0 Å². The molecule has 8 nitrogen and oxygen atoms in total. The van der Waals surface area contributed by atoms with Gasteiger partial charge in [-0.25, -0.2) is 8.42 Å². The zero-order valence-electron chi connectivity index (χ0n) is 24.9. The average molecular weight is 634 g/mol. The molecule has 0 heterocycles. The molecule has 0 saturated heterocycles. The lowest BCUT2D eigenvalue weighted by Crippen LogP contribution is -2.53. The van der Waals surface area contributed by atoms with Crippen LogP contribution in [0, 0.1) is 6.92 Å². The Morgan fingerprint density at radius 1 is 0.886 bits per heavy atom. The quantitative estimate of drug-likeness (QED) is 0.206. The van der Waals surface area contributed by atoms with Gasteiger partial charge in [0.1, 0.15) is 18.3 Å². The van der Waals surface area contributed by atoms with E-state index in [0.29, 0.717) is 23.0 Å². The summed E-state index contributed by atoms with van der Waals surface area (Å²) in [5, 5.41) is 3.25. The van der Waals surface area contributed by atoms with Crippen molar-refractivity contribution in [1.82, 2.24) is 10.2 Å². The van der Waals surface area contributed by atoms with Crippen LogP contribution in [-0.2, 0) is 32.6 Å². The molecule has 4 aromatic carbocycles. The number of nitrogens with zero attached hydrogens (tertiary/aromatic N) is 2. The van der Waals surface area contributed by atoms with E-state index in [1.165, 1.54) is 29.2 Å². The largest absolute Gasteiger partial charge is 0.497 e. The van der Waals surface area contributed by atoms with Crippen molar-refractivity contribution in [2.45, 2.75) is 37.8 Å². The molecule has 4 rings (SSSR count). The number of ether oxygens (including phenoxy) is 1. The molecule has 0 aliphatic heterocycles. The molecular weight excluding hydrogens is 598 g/mol.